The van der Waals surface area contributed by atoms with Gasteiger partial charge in [-0.05, 0) is 31.0 Å². The largest absolute Gasteiger partial charge is 0.508 e. The zero-order chi connectivity index (χ0) is 30.2. The molecule has 6 atom stereocenters. The smallest absolute Gasteiger partial charge is 0.305 e. The average molecular weight is 557 g/mol. The summed E-state index contributed by atoms with van der Waals surface area (Å²) in [6.45, 7) is 8.85. The van der Waals surface area contributed by atoms with Crippen LogP contribution in [0.5, 0.6) is 5.75 Å². The third kappa shape index (κ3) is 3.86. The van der Waals surface area contributed by atoms with Gasteiger partial charge in [0.05, 0.1) is 17.5 Å². The van der Waals surface area contributed by atoms with Crippen molar-refractivity contribution in [3.05, 3.63) is 45.7 Å². The van der Waals surface area contributed by atoms with E-state index < -0.39 is 87.0 Å². The van der Waals surface area contributed by atoms with E-state index in [0.717, 1.165) is 0 Å². The maximum atomic E-state index is 14.3. The third-order valence-corrected chi connectivity index (χ3v) is 8.47. The number of nitrogens with two attached hydrogens (primary N) is 1. The van der Waals surface area contributed by atoms with Crippen LogP contribution in [0.25, 0.3) is 5.76 Å². The molecule has 3 aliphatic rings. The number of carbonyl (C=O) groups excluding carboxylic acids is 4. The Kier molecular flexibility index (Phi) is 6.92. The molecule has 0 spiro atoms. The predicted octanol–water partition coefficient (Wildman–Crippen LogP) is 1.75. The summed E-state index contributed by atoms with van der Waals surface area (Å²) in [5, 5.41) is 46.1. The second-order valence-electron chi connectivity index (χ2n) is 12.0. The van der Waals surface area contributed by atoms with E-state index in [-0.39, 0.29) is 17.7 Å². The molecule has 0 saturated heterocycles. The number of fused-ring (bicyclic) bond motifs is 3. The predicted molar refractivity (Wildman–Crippen MR) is 143 cm³/mol. The second-order valence-corrected chi connectivity index (χ2v) is 12.0. The van der Waals surface area contributed by atoms with Crippen LogP contribution in [0.1, 0.15) is 63.6 Å². The molecule has 4 rings (SSSR count). The Labute approximate surface area is 231 Å². The first-order valence-corrected chi connectivity index (χ1v) is 13.1. The van der Waals surface area contributed by atoms with Gasteiger partial charge >= 0.3 is 5.97 Å². The van der Waals surface area contributed by atoms with Crippen LogP contribution in [0.15, 0.2) is 29.0 Å². The highest BCUT2D eigenvalue weighted by molar-refractivity contribution is 6.24. The molecule has 1 aromatic rings. The number of aliphatic hydroxyl groups is 3. The Morgan fingerprint density at radius 2 is 1.73 bits per heavy atom. The molecule has 0 radical (unpaired) electrons. The number of benzene rings is 1. The van der Waals surface area contributed by atoms with E-state index in [9.17, 15) is 39.6 Å². The molecule has 11 heteroatoms. The maximum Gasteiger partial charge on any atom is 0.305 e. The Balaban J connectivity index is 2.13. The lowest BCUT2D eigenvalue weighted by molar-refractivity contribution is -0.185. The molecular formula is C29H36N2O9. The Bertz CT molecular complexity index is 1400. The number of rotatable bonds is 4. The van der Waals surface area contributed by atoms with Crippen LogP contribution in [-0.2, 0) is 29.3 Å². The highest BCUT2D eigenvalue weighted by atomic mass is 16.5. The summed E-state index contributed by atoms with van der Waals surface area (Å²) < 4.78 is 5.82. The molecule has 1 unspecified atom stereocenters. The van der Waals surface area contributed by atoms with Gasteiger partial charge in [0.15, 0.2) is 11.4 Å². The first-order valence-electron chi connectivity index (χ1n) is 13.1. The molecule has 1 saturated carbocycles. The molecule has 6 N–H and O–H groups in total. The van der Waals surface area contributed by atoms with Gasteiger partial charge in [0.2, 0.25) is 5.78 Å². The number of aromatic hydroxyl groups is 1. The number of Topliss-reactive ketones (excluding diaryl/α,β-unsaturated/α-hetero) is 2. The van der Waals surface area contributed by atoms with Crippen molar-refractivity contribution >= 4 is 29.2 Å². The molecule has 1 aromatic carbocycles. The number of primary amides is 1. The molecule has 3 aliphatic carbocycles. The molecule has 0 aliphatic heterocycles. The van der Waals surface area contributed by atoms with Crippen molar-refractivity contribution in [2.45, 2.75) is 70.1 Å². The minimum absolute atomic E-state index is 0.0169. The maximum absolute atomic E-state index is 14.3. The van der Waals surface area contributed by atoms with Crippen LogP contribution in [0.3, 0.4) is 0 Å². The van der Waals surface area contributed by atoms with Crippen molar-refractivity contribution in [2.24, 2.45) is 17.6 Å². The fraction of sp³-hybridized carbons (Fsp3) is 0.517. The van der Waals surface area contributed by atoms with E-state index in [1.54, 1.807) is 26.0 Å². The Morgan fingerprint density at radius 3 is 2.23 bits per heavy atom. The van der Waals surface area contributed by atoms with Gasteiger partial charge in [-0.3, -0.25) is 24.1 Å². The number of phenolic OH excluding ortho intramolecular Hbond substituents is 1. The van der Waals surface area contributed by atoms with Crippen molar-refractivity contribution in [1.29, 1.82) is 0 Å². The van der Waals surface area contributed by atoms with Crippen LogP contribution in [0, 0.1) is 11.8 Å². The van der Waals surface area contributed by atoms with E-state index >= 15 is 0 Å². The normalized spacial score (nSPS) is 30.2. The van der Waals surface area contributed by atoms with E-state index in [4.69, 9.17) is 10.5 Å². The Hall–Kier alpha value is -3.70. The van der Waals surface area contributed by atoms with E-state index in [0.29, 0.717) is 11.1 Å². The van der Waals surface area contributed by atoms with Crippen molar-refractivity contribution in [3.8, 4) is 5.75 Å². The van der Waals surface area contributed by atoms with Crippen LogP contribution in [0.2, 0.25) is 0 Å². The summed E-state index contributed by atoms with van der Waals surface area (Å²) >= 11 is 0. The van der Waals surface area contributed by atoms with Gasteiger partial charge in [0.1, 0.15) is 28.9 Å². The number of carbonyl (C=O) groups is 4. The number of hydrogen-bond acceptors (Lipinski definition) is 10. The summed E-state index contributed by atoms with van der Waals surface area (Å²) in [7, 11) is 2.95. The van der Waals surface area contributed by atoms with E-state index in [1.165, 1.54) is 19.0 Å². The third-order valence-electron chi connectivity index (χ3n) is 8.47. The van der Waals surface area contributed by atoms with Crippen LogP contribution < -0.4 is 5.73 Å². The summed E-state index contributed by atoms with van der Waals surface area (Å²) in [6.07, 6.45) is -1.49. The van der Waals surface area contributed by atoms with Gasteiger partial charge in [-0.2, -0.15) is 0 Å². The first kappa shape index (κ1) is 29.3. The standard InChI is InChI=1S/C29H36N2O9/c1-8-14(32)40-24-15-11(2)12-9-10-13(28(3,4)5)21(33)16(12)22(34)17(15)25(36)29(39)19(24)20(31(6)7)23(35)18(26(29)37)27(30)38/h9-11,15,19-20,24,33-34,37,39H,8H2,1-7H3,(H2,30,38)/t11-,15+,19+,20?,24-,29-/m0/s1. The van der Waals surface area contributed by atoms with Gasteiger partial charge in [-0.1, -0.05) is 46.8 Å². The zero-order valence-corrected chi connectivity index (χ0v) is 23.6. The SMILES string of the molecule is CCC(=O)O[C@H]1[C@H]2C(=C(O)c3c(ccc(C(C)(C)C)c3O)[C@@H]2C)C(=O)[C@]2(O)C(O)=C(C(N)=O)C(=O)C(N(C)C)[C@H]12. The fourth-order valence-corrected chi connectivity index (χ4v) is 6.57. The zero-order valence-electron chi connectivity index (χ0n) is 23.6. The van der Waals surface area contributed by atoms with Crippen molar-refractivity contribution < 1.29 is 44.3 Å². The minimum atomic E-state index is -2.96. The summed E-state index contributed by atoms with van der Waals surface area (Å²) in [5.41, 5.74) is 1.50. The molecule has 40 heavy (non-hydrogen) atoms. The number of esters is 1. The summed E-state index contributed by atoms with van der Waals surface area (Å²) in [5.74, 6) is -9.65. The highest BCUT2D eigenvalue weighted by Crippen LogP contribution is 2.57. The number of aliphatic hydroxyl groups excluding tert-OH is 2. The molecule has 1 amide bonds. The molecule has 1 fully saturated rings. The molecule has 11 nitrogen and oxygen atoms in total. The fourth-order valence-electron chi connectivity index (χ4n) is 6.57. The topological polar surface area (TPSA) is 188 Å². The van der Waals surface area contributed by atoms with Crippen LogP contribution >= 0.6 is 0 Å². The number of amides is 1. The van der Waals surface area contributed by atoms with Gasteiger partial charge in [-0.25, -0.2) is 0 Å². The van der Waals surface area contributed by atoms with Gasteiger partial charge < -0.3 is 30.9 Å². The van der Waals surface area contributed by atoms with Crippen molar-refractivity contribution in [1.82, 2.24) is 4.90 Å². The van der Waals surface area contributed by atoms with Crippen molar-refractivity contribution in [3.63, 3.8) is 0 Å². The van der Waals surface area contributed by atoms with Crippen LogP contribution in [0.4, 0.5) is 0 Å². The lowest BCUT2D eigenvalue weighted by atomic mass is 9.54. The second kappa shape index (κ2) is 9.45. The average Bonchev–Trinajstić information content (AvgIpc) is 2.84. The monoisotopic (exact) mass is 556 g/mol. The lowest BCUT2D eigenvalue weighted by Gasteiger charge is -2.54. The molecule has 0 bridgehead atoms. The summed E-state index contributed by atoms with van der Waals surface area (Å²) in [6, 6.07) is 2.03. The quantitative estimate of drug-likeness (QED) is 0.270. The Morgan fingerprint density at radius 1 is 1.12 bits per heavy atom. The minimum Gasteiger partial charge on any atom is -0.508 e. The van der Waals surface area contributed by atoms with E-state index in [1.807, 2.05) is 20.8 Å². The highest BCUT2D eigenvalue weighted by Gasteiger charge is 2.69. The number of phenols is 1. The van der Waals surface area contributed by atoms with Gasteiger partial charge in [0.25, 0.3) is 5.91 Å². The van der Waals surface area contributed by atoms with Crippen molar-refractivity contribution in [2.75, 3.05) is 14.1 Å². The first-order chi connectivity index (χ1) is 18.4. The summed E-state index contributed by atoms with van der Waals surface area (Å²) in [4.78, 5) is 54.1. The number of nitrogens with zero attached hydrogens (tertiary/aromatic N) is 1. The van der Waals surface area contributed by atoms with Crippen LogP contribution in [-0.4, -0.2) is 80.6 Å². The molecule has 216 valence electrons. The van der Waals surface area contributed by atoms with Gasteiger partial charge in [-0.15, -0.1) is 0 Å². The molecular weight excluding hydrogens is 520 g/mol. The van der Waals surface area contributed by atoms with E-state index in [2.05, 4.69) is 0 Å². The number of hydrogen-bond donors (Lipinski definition) is 5. The number of ether oxygens (including phenoxy) is 1. The molecule has 0 aromatic heterocycles. The van der Waals surface area contributed by atoms with Gasteiger partial charge in [0, 0.05) is 23.5 Å². The number of ketones is 2. The molecule has 0 heterocycles. The lowest BCUT2D eigenvalue weighted by Crippen LogP contribution is -2.71. The number of likely N-dealkylation sites (N-methyl/N-ethyl adjacent to an activating group) is 1.